The van der Waals surface area contributed by atoms with Crippen LogP contribution in [0.25, 0.3) is 6.08 Å². The average molecular weight is 376 g/mol. The maximum atomic E-state index is 12.7. The van der Waals surface area contributed by atoms with Crippen molar-refractivity contribution in [3.8, 4) is 6.07 Å². The van der Waals surface area contributed by atoms with Gasteiger partial charge < -0.3 is 9.80 Å². The van der Waals surface area contributed by atoms with Crippen LogP contribution in [-0.2, 0) is 4.79 Å². The molecule has 1 saturated heterocycles. The van der Waals surface area contributed by atoms with Crippen molar-refractivity contribution >= 4 is 23.4 Å². The first-order valence-electron chi connectivity index (χ1n) is 8.95. The number of amides is 1. The molecule has 0 spiro atoms. The van der Waals surface area contributed by atoms with E-state index in [0.717, 1.165) is 5.69 Å². The fourth-order valence-electron chi connectivity index (χ4n) is 3.20. The number of carbonyl (C=O) groups excluding carboxylic acids is 1. The van der Waals surface area contributed by atoms with Gasteiger partial charge in [-0.05, 0) is 30.7 Å². The molecule has 0 bridgehead atoms. The summed E-state index contributed by atoms with van der Waals surface area (Å²) in [4.78, 5) is 27.2. The lowest BCUT2D eigenvalue weighted by Crippen LogP contribution is -2.49. The van der Waals surface area contributed by atoms with Gasteiger partial charge in [0.05, 0.1) is 4.92 Å². The van der Waals surface area contributed by atoms with E-state index in [4.69, 9.17) is 0 Å². The van der Waals surface area contributed by atoms with Crippen molar-refractivity contribution in [2.24, 2.45) is 0 Å². The number of benzene rings is 2. The third-order valence-corrected chi connectivity index (χ3v) is 4.78. The summed E-state index contributed by atoms with van der Waals surface area (Å²) in [5.41, 5.74) is 2.05. The van der Waals surface area contributed by atoms with Gasteiger partial charge in [-0.1, -0.05) is 30.3 Å². The van der Waals surface area contributed by atoms with Crippen LogP contribution in [0.15, 0.2) is 54.1 Å². The lowest BCUT2D eigenvalue weighted by atomic mass is 10.1. The average Bonchev–Trinajstić information content (AvgIpc) is 2.73. The molecule has 1 heterocycles. The SMILES string of the molecule is Cc1ccc(/C=C(/C#N)C(=O)N2CCN(c3ccccc3)CC2)cc1[N+](=O)[O-]. The molecule has 1 aliphatic heterocycles. The van der Waals surface area contributed by atoms with Gasteiger partial charge >= 0.3 is 0 Å². The van der Waals surface area contributed by atoms with Crippen LogP contribution in [0.5, 0.6) is 0 Å². The third kappa shape index (κ3) is 4.18. The molecule has 0 unspecified atom stereocenters. The van der Waals surface area contributed by atoms with E-state index in [1.165, 1.54) is 12.1 Å². The number of hydrogen-bond acceptors (Lipinski definition) is 5. The Morgan fingerprint density at radius 2 is 1.82 bits per heavy atom. The van der Waals surface area contributed by atoms with E-state index in [1.54, 1.807) is 24.0 Å². The van der Waals surface area contributed by atoms with E-state index in [9.17, 15) is 20.2 Å². The number of aryl methyl sites for hydroxylation is 1. The van der Waals surface area contributed by atoms with E-state index in [-0.39, 0.29) is 17.2 Å². The summed E-state index contributed by atoms with van der Waals surface area (Å²) in [7, 11) is 0. The van der Waals surface area contributed by atoms with Crippen LogP contribution >= 0.6 is 0 Å². The highest BCUT2D eigenvalue weighted by Crippen LogP contribution is 2.22. The molecule has 1 fully saturated rings. The van der Waals surface area contributed by atoms with E-state index in [2.05, 4.69) is 4.90 Å². The maximum Gasteiger partial charge on any atom is 0.272 e. The lowest BCUT2D eigenvalue weighted by molar-refractivity contribution is -0.385. The Kier molecular flexibility index (Phi) is 5.70. The molecule has 2 aromatic rings. The second-order valence-corrected chi connectivity index (χ2v) is 6.59. The second-order valence-electron chi connectivity index (χ2n) is 6.59. The Morgan fingerprint density at radius 1 is 1.14 bits per heavy atom. The summed E-state index contributed by atoms with van der Waals surface area (Å²) in [6, 6.07) is 16.6. The minimum absolute atomic E-state index is 0.0219. The van der Waals surface area contributed by atoms with E-state index >= 15 is 0 Å². The van der Waals surface area contributed by atoms with Crippen LogP contribution in [0.1, 0.15) is 11.1 Å². The van der Waals surface area contributed by atoms with Crippen molar-refractivity contribution in [2.75, 3.05) is 31.1 Å². The fourth-order valence-corrected chi connectivity index (χ4v) is 3.20. The van der Waals surface area contributed by atoms with E-state index < -0.39 is 4.92 Å². The predicted molar refractivity (Wildman–Crippen MR) is 107 cm³/mol. The van der Waals surface area contributed by atoms with Gasteiger partial charge in [0.2, 0.25) is 0 Å². The van der Waals surface area contributed by atoms with Crippen molar-refractivity contribution in [3.63, 3.8) is 0 Å². The normalized spacial score (nSPS) is 14.5. The van der Waals surface area contributed by atoms with Crippen LogP contribution in [0.3, 0.4) is 0 Å². The minimum atomic E-state index is -0.469. The van der Waals surface area contributed by atoms with E-state index in [1.807, 2.05) is 36.4 Å². The molecular weight excluding hydrogens is 356 g/mol. The summed E-state index contributed by atoms with van der Waals surface area (Å²) in [5, 5.41) is 20.5. The summed E-state index contributed by atoms with van der Waals surface area (Å²) >= 11 is 0. The van der Waals surface area contributed by atoms with E-state index in [0.29, 0.717) is 37.3 Å². The van der Waals surface area contributed by atoms with Gasteiger partial charge in [0.25, 0.3) is 11.6 Å². The Bertz CT molecular complexity index is 955. The first-order valence-corrected chi connectivity index (χ1v) is 8.95. The highest BCUT2D eigenvalue weighted by molar-refractivity contribution is 6.01. The standard InChI is InChI=1S/C21H20N4O3/c1-16-7-8-17(14-20(16)25(27)28)13-18(15-22)21(26)24-11-9-23(10-12-24)19-5-3-2-4-6-19/h2-8,13-14H,9-12H2,1H3/b18-13-. The van der Waals surface area contributed by atoms with Crippen LogP contribution in [0, 0.1) is 28.4 Å². The molecule has 7 heteroatoms. The number of carbonyl (C=O) groups is 1. The van der Waals surface area contributed by atoms with Gasteiger partial charge in [0.15, 0.2) is 0 Å². The number of hydrogen-bond donors (Lipinski definition) is 0. The second kappa shape index (κ2) is 8.35. The van der Waals surface area contributed by atoms with Gasteiger partial charge in [-0.2, -0.15) is 5.26 Å². The third-order valence-electron chi connectivity index (χ3n) is 4.78. The zero-order valence-electron chi connectivity index (χ0n) is 15.5. The Morgan fingerprint density at radius 3 is 2.43 bits per heavy atom. The Balaban J connectivity index is 1.72. The minimum Gasteiger partial charge on any atom is -0.368 e. The smallest absolute Gasteiger partial charge is 0.272 e. The van der Waals surface area contributed by atoms with Crippen molar-refractivity contribution in [1.29, 1.82) is 5.26 Å². The Hall–Kier alpha value is -3.66. The van der Waals surface area contributed by atoms with Gasteiger partial charge in [-0.15, -0.1) is 0 Å². The highest BCUT2D eigenvalue weighted by atomic mass is 16.6. The summed E-state index contributed by atoms with van der Waals surface area (Å²) in [5.74, 6) is -0.349. The number of para-hydroxylation sites is 1. The molecule has 142 valence electrons. The molecule has 0 saturated carbocycles. The number of nitro benzene ring substituents is 1. The molecule has 0 aromatic heterocycles. The van der Waals surface area contributed by atoms with Crippen molar-refractivity contribution < 1.29 is 9.72 Å². The topological polar surface area (TPSA) is 90.5 Å². The number of anilines is 1. The number of nitrogens with zero attached hydrogens (tertiary/aromatic N) is 4. The van der Waals surface area contributed by atoms with Crippen LogP contribution in [0.4, 0.5) is 11.4 Å². The largest absolute Gasteiger partial charge is 0.368 e. The monoisotopic (exact) mass is 376 g/mol. The van der Waals surface area contributed by atoms with Crippen LogP contribution in [-0.4, -0.2) is 41.9 Å². The van der Waals surface area contributed by atoms with Gasteiger partial charge in [0, 0.05) is 43.5 Å². The summed E-state index contributed by atoms with van der Waals surface area (Å²) < 4.78 is 0. The molecule has 2 aromatic carbocycles. The molecule has 0 atom stereocenters. The molecule has 1 aliphatic rings. The van der Waals surface area contributed by atoms with Gasteiger partial charge in [-0.25, -0.2) is 0 Å². The number of nitro groups is 1. The molecule has 1 amide bonds. The van der Waals surface area contributed by atoms with Crippen molar-refractivity contribution in [3.05, 3.63) is 75.3 Å². The molecule has 0 N–H and O–H groups in total. The first kappa shape index (κ1) is 19.1. The lowest BCUT2D eigenvalue weighted by Gasteiger charge is -2.36. The zero-order valence-corrected chi connectivity index (χ0v) is 15.5. The molecule has 3 rings (SSSR count). The number of piperazine rings is 1. The fraction of sp³-hybridized carbons (Fsp3) is 0.238. The summed E-state index contributed by atoms with van der Waals surface area (Å²) in [6.45, 7) is 4.05. The number of nitriles is 1. The molecular formula is C21H20N4O3. The highest BCUT2D eigenvalue weighted by Gasteiger charge is 2.24. The molecule has 0 radical (unpaired) electrons. The zero-order chi connectivity index (χ0) is 20.1. The Labute approximate surface area is 163 Å². The molecule has 7 nitrogen and oxygen atoms in total. The quantitative estimate of drug-likeness (QED) is 0.354. The molecule has 28 heavy (non-hydrogen) atoms. The predicted octanol–water partition coefficient (Wildman–Crippen LogP) is 3.16. The number of rotatable bonds is 4. The van der Waals surface area contributed by atoms with Gasteiger partial charge in [-0.3, -0.25) is 14.9 Å². The maximum absolute atomic E-state index is 12.7. The first-order chi connectivity index (χ1) is 13.5. The van der Waals surface area contributed by atoms with Crippen molar-refractivity contribution in [1.82, 2.24) is 4.90 Å². The molecule has 0 aliphatic carbocycles. The van der Waals surface area contributed by atoms with Gasteiger partial charge in [0.1, 0.15) is 11.6 Å². The van der Waals surface area contributed by atoms with Crippen LogP contribution < -0.4 is 4.90 Å². The van der Waals surface area contributed by atoms with Crippen LogP contribution in [0.2, 0.25) is 0 Å². The van der Waals surface area contributed by atoms with Crippen molar-refractivity contribution in [2.45, 2.75) is 6.92 Å². The summed E-state index contributed by atoms with van der Waals surface area (Å²) in [6.07, 6.45) is 1.42.